The van der Waals surface area contributed by atoms with Crippen LogP contribution in [-0.2, 0) is 16.4 Å². The van der Waals surface area contributed by atoms with E-state index in [2.05, 4.69) is 4.72 Å². The molecule has 164 valence electrons. The van der Waals surface area contributed by atoms with E-state index < -0.39 is 10.0 Å². The smallest absolute Gasteiger partial charge is 0.261 e. The molecule has 6 nitrogen and oxygen atoms in total. The molecule has 4 rings (SSSR count). The largest absolute Gasteiger partial charge is 0.308 e. The van der Waals surface area contributed by atoms with Gasteiger partial charge >= 0.3 is 0 Å². The van der Waals surface area contributed by atoms with E-state index in [1.165, 1.54) is 19.1 Å². The molecule has 1 aliphatic rings. The SMILES string of the molecule is CC(=O)c1cccc(NS(=O)(=O)c2ccc3c(c2)CCCN3C(=O)c2ccc(Cl)cc2)c1. The average Bonchev–Trinajstić information content (AvgIpc) is 2.78. The van der Waals surface area contributed by atoms with E-state index in [1.807, 2.05) is 0 Å². The first-order valence-corrected chi connectivity index (χ1v) is 11.9. The number of sulfonamides is 1. The third-order valence-corrected chi connectivity index (χ3v) is 6.97. The summed E-state index contributed by atoms with van der Waals surface area (Å²) in [5.41, 5.74) is 2.75. The molecule has 32 heavy (non-hydrogen) atoms. The number of Topliss-reactive ketones (excluding diaryl/α,β-unsaturated/α-hetero) is 1. The Kier molecular flexibility index (Phi) is 6.04. The zero-order valence-electron chi connectivity index (χ0n) is 17.3. The van der Waals surface area contributed by atoms with Crippen molar-refractivity contribution in [2.45, 2.75) is 24.7 Å². The summed E-state index contributed by atoms with van der Waals surface area (Å²) in [6.07, 6.45) is 1.40. The quantitative estimate of drug-likeness (QED) is 0.538. The summed E-state index contributed by atoms with van der Waals surface area (Å²) < 4.78 is 28.4. The molecule has 1 aliphatic heterocycles. The Morgan fingerprint density at radius 1 is 0.969 bits per heavy atom. The number of rotatable bonds is 5. The minimum atomic E-state index is -3.86. The van der Waals surface area contributed by atoms with Crippen LogP contribution in [0.25, 0.3) is 0 Å². The van der Waals surface area contributed by atoms with Crippen LogP contribution >= 0.6 is 11.6 Å². The number of anilines is 2. The van der Waals surface area contributed by atoms with Gasteiger partial charge in [0, 0.05) is 34.1 Å². The van der Waals surface area contributed by atoms with Gasteiger partial charge in [-0.05, 0) is 79.9 Å². The van der Waals surface area contributed by atoms with Gasteiger partial charge in [-0.1, -0.05) is 23.7 Å². The summed E-state index contributed by atoms with van der Waals surface area (Å²) in [5.74, 6) is -0.303. The van der Waals surface area contributed by atoms with Gasteiger partial charge in [0.15, 0.2) is 5.78 Å². The Morgan fingerprint density at radius 3 is 2.44 bits per heavy atom. The molecule has 0 spiro atoms. The van der Waals surface area contributed by atoms with Crippen LogP contribution in [-0.4, -0.2) is 26.7 Å². The van der Waals surface area contributed by atoms with Crippen LogP contribution in [0, 0.1) is 0 Å². The lowest BCUT2D eigenvalue weighted by molar-refractivity contribution is 0.0983. The fourth-order valence-electron chi connectivity index (χ4n) is 3.72. The highest BCUT2D eigenvalue weighted by atomic mass is 35.5. The first-order valence-electron chi connectivity index (χ1n) is 10.1. The normalized spacial score (nSPS) is 13.4. The highest BCUT2D eigenvalue weighted by Crippen LogP contribution is 2.31. The Bertz CT molecular complexity index is 1300. The van der Waals surface area contributed by atoms with Crippen LogP contribution in [0.5, 0.6) is 0 Å². The molecular formula is C24H21ClN2O4S. The number of hydrogen-bond donors (Lipinski definition) is 1. The predicted octanol–water partition coefficient (Wildman–Crippen LogP) is 4.94. The number of amides is 1. The molecule has 0 aliphatic carbocycles. The molecule has 0 aromatic heterocycles. The number of carbonyl (C=O) groups excluding carboxylic acids is 2. The number of hydrogen-bond acceptors (Lipinski definition) is 4. The number of fused-ring (bicyclic) bond motifs is 1. The summed E-state index contributed by atoms with van der Waals surface area (Å²) in [5, 5.41) is 0.553. The van der Waals surface area contributed by atoms with Gasteiger partial charge in [0.2, 0.25) is 0 Å². The molecule has 3 aromatic rings. The van der Waals surface area contributed by atoms with Crippen LogP contribution in [0.4, 0.5) is 11.4 Å². The molecule has 1 N–H and O–H groups in total. The molecule has 1 heterocycles. The lowest BCUT2D eigenvalue weighted by Crippen LogP contribution is -2.35. The molecule has 0 fully saturated rings. The van der Waals surface area contributed by atoms with Gasteiger partial charge in [0.25, 0.3) is 15.9 Å². The van der Waals surface area contributed by atoms with Crippen LogP contribution < -0.4 is 9.62 Å². The third-order valence-electron chi connectivity index (χ3n) is 5.34. The second-order valence-corrected chi connectivity index (χ2v) is 9.72. The van der Waals surface area contributed by atoms with Gasteiger partial charge < -0.3 is 4.90 Å². The number of aryl methyl sites for hydroxylation is 1. The summed E-state index contributed by atoms with van der Waals surface area (Å²) in [7, 11) is -3.86. The topological polar surface area (TPSA) is 83.6 Å². The summed E-state index contributed by atoms with van der Waals surface area (Å²) in [4.78, 5) is 26.4. The molecule has 0 saturated carbocycles. The lowest BCUT2D eigenvalue weighted by atomic mass is 10.0. The van der Waals surface area contributed by atoms with E-state index in [1.54, 1.807) is 59.5 Å². The number of nitrogens with one attached hydrogen (secondary N) is 1. The van der Waals surface area contributed by atoms with Crippen molar-refractivity contribution >= 4 is 44.7 Å². The van der Waals surface area contributed by atoms with Crippen molar-refractivity contribution in [1.82, 2.24) is 0 Å². The Balaban J connectivity index is 1.62. The van der Waals surface area contributed by atoms with Gasteiger partial charge in [0.05, 0.1) is 4.90 Å². The highest BCUT2D eigenvalue weighted by molar-refractivity contribution is 7.92. The molecule has 3 aromatic carbocycles. The maximum absolute atomic E-state index is 13.0. The third kappa shape index (κ3) is 4.54. The number of nitrogens with zero attached hydrogens (tertiary/aromatic N) is 1. The van der Waals surface area contributed by atoms with E-state index in [0.717, 1.165) is 12.0 Å². The standard InChI is InChI=1S/C24H21ClN2O4S/c1-16(28)18-4-2-6-21(14-18)26-32(30,31)22-11-12-23-19(15-22)5-3-13-27(23)24(29)17-7-9-20(25)10-8-17/h2,4,6-12,14-15,26H,3,5,13H2,1H3. The summed E-state index contributed by atoms with van der Waals surface area (Å²) in [6, 6.07) is 17.8. The second-order valence-electron chi connectivity index (χ2n) is 7.60. The van der Waals surface area contributed by atoms with Crippen LogP contribution in [0.1, 0.15) is 39.6 Å². The number of carbonyl (C=O) groups is 2. The molecule has 0 radical (unpaired) electrons. The first kappa shape index (κ1) is 22.0. The average molecular weight is 469 g/mol. The van der Waals surface area contributed by atoms with Gasteiger partial charge in [-0.25, -0.2) is 8.42 Å². The summed E-state index contributed by atoms with van der Waals surface area (Å²) >= 11 is 5.92. The van der Waals surface area contributed by atoms with Crippen molar-refractivity contribution < 1.29 is 18.0 Å². The predicted molar refractivity (Wildman–Crippen MR) is 125 cm³/mol. The van der Waals surface area contributed by atoms with E-state index in [-0.39, 0.29) is 16.6 Å². The first-order chi connectivity index (χ1) is 15.2. The van der Waals surface area contributed by atoms with Crippen molar-refractivity contribution in [2.24, 2.45) is 0 Å². The molecule has 0 saturated heterocycles. The monoisotopic (exact) mass is 468 g/mol. The lowest BCUT2D eigenvalue weighted by Gasteiger charge is -2.30. The van der Waals surface area contributed by atoms with Crippen molar-refractivity contribution in [3.63, 3.8) is 0 Å². The van der Waals surface area contributed by atoms with E-state index in [9.17, 15) is 18.0 Å². The molecule has 8 heteroatoms. The van der Waals surface area contributed by atoms with Crippen molar-refractivity contribution in [2.75, 3.05) is 16.2 Å². The molecule has 0 unspecified atom stereocenters. The minimum absolute atomic E-state index is 0.102. The highest BCUT2D eigenvalue weighted by Gasteiger charge is 2.26. The fourth-order valence-corrected chi connectivity index (χ4v) is 4.94. The number of halogens is 1. The molecule has 0 atom stereocenters. The van der Waals surface area contributed by atoms with E-state index >= 15 is 0 Å². The molecule has 0 bridgehead atoms. The van der Waals surface area contributed by atoms with Gasteiger partial charge in [-0.3, -0.25) is 14.3 Å². The zero-order chi connectivity index (χ0) is 22.9. The fraction of sp³-hybridized carbons (Fsp3) is 0.167. The van der Waals surface area contributed by atoms with Gasteiger partial charge in [0.1, 0.15) is 0 Å². The van der Waals surface area contributed by atoms with Crippen LogP contribution in [0.3, 0.4) is 0 Å². The van der Waals surface area contributed by atoms with Crippen molar-refractivity contribution in [1.29, 1.82) is 0 Å². The zero-order valence-corrected chi connectivity index (χ0v) is 18.9. The summed E-state index contributed by atoms with van der Waals surface area (Å²) in [6.45, 7) is 1.98. The Labute approximate surface area is 191 Å². The molecule has 1 amide bonds. The van der Waals surface area contributed by atoms with Crippen LogP contribution in [0.2, 0.25) is 5.02 Å². The number of ketones is 1. The van der Waals surface area contributed by atoms with E-state index in [4.69, 9.17) is 11.6 Å². The van der Waals surface area contributed by atoms with Crippen molar-refractivity contribution in [3.8, 4) is 0 Å². The maximum Gasteiger partial charge on any atom is 0.261 e. The van der Waals surface area contributed by atoms with Gasteiger partial charge in [-0.15, -0.1) is 0 Å². The molecular weight excluding hydrogens is 448 g/mol. The maximum atomic E-state index is 13.0. The second kappa shape index (κ2) is 8.76. The van der Waals surface area contributed by atoms with Gasteiger partial charge in [-0.2, -0.15) is 0 Å². The van der Waals surface area contributed by atoms with Crippen molar-refractivity contribution in [3.05, 3.63) is 88.4 Å². The minimum Gasteiger partial charge on any atom is -0.308 e. The Morgan fingerprint density at radius 2 is 1.72 bits per heavy atom. The number of benzene rings is 3. The van der Waals surface area contributed by atoms with E-state index in [0.29, 0.717) is 40.5 Å². The van der Waals surface area contributed by atoms with Crippen LogP contribution in [0.15, 0.2) is 71.6 Å². The Hall–Kier alpha value is -3.16.